The summed E-state index contributed by atoms with van der Waals surface area (Å²) in [5.74, 6) is 1.64. The number of nitrogens with zero attached hydrogens (tertiary/aromatic N) is 2. The molecule has 0 aliphatic heterocycles. The molecule has 0 atom stereocenters. The van der Waals surface area contributed by atoms with Gasteiger partial charge in [0, 0.05) is 53.5 Å². The SMILES string of the molecule is CC(C)(C)c1ccc2c(c1)c1cc(C(C)(C)C)ccc1n2-c1csc(-c2cc(Cl)ccc2OCCCCOc2ccc(Cl)cc2-c2scc(-n3c4ccc(C(C)(C)C)cc4c4cc(C(C)(C)C)ccc43)c2O)c1O. The minimum atomic E-state index is -0.0236. The third-order valence-corrected chi connectivity index (χ3v) is 16.8. The molecule has 0 unspecified atom stereocenters. The third kappa shape index (κ3) is 9.57. The zero-order chi connectivity index (χ0) is 52.8. The fraction of sp³-hybridized carbons (Fsp3) is 0.312. The lowest BCUT2D eigenvalue weighted by molar-refractivity contribution is 0.267. The molecule has 2 N–H and O–H groups in total. The van der Waals surface area contributed by atoms with Gasteiger partial charge in [-0.25, -0.2) is 0 Å². The first kappa shape index (κ1) is 51.6. The van der Waals surface area contributed by atoms with Crippen LogP contribution < -0.4 is 9.47 Å². The highest BCUT2D eigenvalue weighted by atomic mass is 35.5. The van der Waals surface area contributed by atoms with Gasteiger partial charge in [-0.05, 0) is 142 Å². The van der Waals surface area contributed by atoms with Crippen LogP contribution in [0.2, 0.25) is 10.0 Å². The number of thiophene rings is 2. The van der Waals surface area contributed by atoms with Crippen molar-refractivity contribution >= 4 is 89.5 Å². The van der Waals surface area contributed by atoms with E-state index in [9.17, 15) is 10.2 Å². The normalized spacial score (nSPS) is 12.8. The van der Waals surface area contributed by atoms with Crippen LogP contribution in [0.1, 0.15) is 118 Å². The number of aromatic hydroxyl groups is 2. The topological polar surface area (TPSA) is 68.8 Å². The van der Waals surface area contributed by atoms with Crippen LogP contribution in [-0.2, 0) is 21.7 Å². The second-order valence-electron chi connectivity index (χ2n) is 23.9. The summed E-state index contributed by atoms with van der Waals surface area (Å²) in [6, 6.07) is 38.0. The minimum Gasteiger partial charge on any atom is -0.504 e. The van der Waals surface area contributed by atoms with E-state index in [-0.39, 0.29) is 33.2 Å². The van der Waals surface area contributed by atoms with E-state index in [4.69, 9.17) is 32.7 Å². The number of hydrogen-bond donors (Lipinski definition) is 2. The highest BCUT2D eigenvalue weighted by Gasteiger charge is 2.27. The number of unbranched alkanes of at least 4 members (excludes halogenated alkanes) is 1. The summed E-state index contributed by atoms with van der Waals surface area (Å²) in [5.41, 5.74) is 12.0. The summed E-state index contributed by atoms with van der Waals surface area (Å²) in [5, 5.41) is 34.2. The van der Waals surface area contributed by atoms with E-state index in [0.29, 0.717) is 68.7 Å². The molecule has 4 heterocycles. The van der Waals surface area contributed by atoms with Crippen molar-refractivity contribution in [1.29, 1.82) is 0 Å². The number of halogens is 2. The number of hydrogen-bond acceptors (Lipinski definition) is 6. The maximum atomic E-state index is 12.2. The van der Waals surface area contributed by atoms with Gasteiger partial charge < -0.3 is 28.8 Å². The van der Waals surface area contributed by atoms with Gasteiger partial charge >= 0.3 is 0 Å². The van der Waals surface area contributed by atoms with E-state index in [0.717, 1.165) is 54.7 Å². The van der Waals surface area contributed by atoms with Crippen LogP contribution in [-0.4, -0.2) is 32.6 Å². The van der Waals surface area contributed by atoms with Crippen molar-refractivity contribution in [3.63, 3.8) is 0 Å². The van der Waals surface area contributed by atoms with Crippen LogP contribution in [0.25, 0.3) is 75.9 Å². The van der Waals surface area contributed by atoms with Crippen molar-refractivity contribution in [3.05, 3.63) is 152 Å². The minimum absolute atomic E-state index is 0.0236. The van der Waals surface area contributed by atoms with Crippen LogP contribution in [0.15, 0.2) is 120 Å². The Balaban J connectivity index is 0.877. The molecule has 6 aromatic carbocycles. The molecule has 10 aromatic rings. The van der Waals surface area contributed by atoms with Gasteiger partial charge in [0.15, 0.2) is 11.5 Å². The Labute approximate surface area is 453 Å². The fourth-order valence-electron chi connectivity index (χ4n) is 10.00. The quantitative estimate of drug-likeness (QED) is 0.127. The molecule has 6 nitrogen and oxygen atoms in total. The Hall–Kier alpha value is -5.90. The van der Waals surface area contributed by atoms with Gasteiger partial charge in [-0.2, -0.15) is 0 Å². The van der Waals surface area contributed by atoms with E-state index in [2.05, 4.69) is 165 Å². The van der Waals surface area contributed by atoms with Crippen molar-refractivity contribution in [2.75, 3.05) is 13.2 Å². The number of benzene rings is 6. The molecule has 0 bridgehead atoms. The van der Waals surface area contributed by atoms with Crippen molar-refractivity contribution in [3.8, 4) is 55.3 Å². The summed E-state index contributed by atoms with van der Waals surface area (Å²) in [7, 11) is 0. The standard InChI is InChI=1S/C64H66Cl2N2O4S2/c1-61(2,3)37-15-21-49-43(29-37)44-30-38(62(4,5)6)16-22-50(44)67(49)53-35-73-59(57(53)69)47-33-41(65)19-25-55(47)71-27-13-14-28-72-56-26-20-42(66)34-48(56)60-58(70)54(36-74-60)68-51-23-17-39(63(7,8)9)31-45(51)46-32-40(64(10,11)12)18-24-52(46)68/h15-26,29-36,69-70H,13-14,27-28H2,1-12H3. The van der Waals surface area contributed by atoms with Crippen molar-refractivity contribution < 1.29 is 19.7 Å². The molecular formula is C64H66Cl2N2O4S2. The van der Waals surface area contributed by atoms with Crippen LogP contribution >= 0.6 is 45.9 Å². The lowest BCUT2D eigenvalue weighted by Crippen LogP contribution is -2.10. The molecule has 0 aliphatic rings. The molecule has 0 amide bonds. The van der Waals surface area contributed by atoms with Gasteiger partial charge in [-0.3, -0.25) is 0 Å². The van der Waals surface area contributed by atoms with Crippen molar-refractivity contribution in [2.24, 2.45) is 0 Å². The average molecular weight is 1060 g/mol. The summed E-state index contributed by atoms with van der Waals surface area (Å²) in [4.78, 5) is 1.37. The van der Waals surface area contributed by atoms with Gasteiger partial charge in [0.05, 0.1) is 56.4 Å². The van der Waals surface area contributed by atoms with E-state index >= 15 is 0 Å². The average Bonchev–Trinajstić information content (AvgIpc) is 4.08. The van der Waals surface area contributed by atoms with E-state index in [1.54, 1.807) is 0 Å². The molecular weight excluding hydrogens is 996 g/mol. The van der Waals surface area contributed by atoms with Crippen LogP contribution in [0.5, 0.6) is 23.0 Å². The zero-order valence-electron chi connectivity index (χ0n) is 44.6. The van der Waals surface area contributed by atoms with Gasteiger partial charge in [-0.1, -0.05) is 131 Å². The molecule has 0 saturated carbocycles. The zero-order valence-corrected chi connectivity index (χ0v) is 47.7. The van der Waals surface area contributed by atoms with E-state index in [1.165, 1.54) is 44.9 Å². The van der Waals surface area contributed by atoms with Gasteiger partial charge in [0.1, 0.15) is 11.5 Å². The Kier molecular flexibility index (Phi) is 13.3. The molecule has 0 fully saturated rings. The first-order valence-corrected chi connectivity index (χ1v) is 28.1. The molecule has 4 aromatic heterocycles. The monoisotopic (exact) mass is 1060 g/mol. The Morgan fingerprint density at radius 2 is 0.716 bits per heavy atom. The van der Waals surface area contributed by atoms with Gasteiger partial charge in [0.2, 0.25) is 0 Å². The summed E-state index contributed by atoms with van der Waals surface area (Å²) in [6.45, 7) is 27.7. The second kappa shape index (κ2) is 19.0. The lowest BCUT2D eigenvalue weighted by atomic mass is 9.85. The maximum absolute atomic E-state index is 12.2. The fourth-order valence-corrected chi connectivity index (χ4v) is 12.2. The van der Waals surface area contributed by atoms with E-state index < -0.39 is 0 Å². The first-order valence-electron chi connectivity index (χ1n) is 25.5. The van der Waals surface area contributed by atoms with E-state index in [1.807, 2.05) is 47.2 Å². The predicted octanol–water partition coefficient (Wildman–Crippen LogP) is 19.5. The Bertz CT molecular complexity index is 3400. The summed E-state index contributed by atoms with van der Waals surface area (Å²) in [6.07, 6.45) is 1.41. The molecule has 382 valence electrons. The molecule has 0 spiro atoms. The largest absolute Gasteiger partial charge is 0.504 e. The number of rotatable bonds is 11. The number of fused-ring (bicyclic) bond motifs is 6. The molecule has 0 aliphatic carbocycles. The third-order valence-electron chi connectivity index (χ3n) is 14.4. The number of aromatic nitrogens is 2. The summed E-state index contributed by atoms with van der Waals surface area (Å²) >= 11 is 16.3. The predicted molar refractivity (Wildman–Crippen MR) is 317 cm³/mol. The highest BCUT2D eigenvalue weighted by Crippen LogP contribution is 2.50. The Morgan fingerprint density at radius 1 is 0.419 bits per heavy atom. The molecule has 74 heavy (non-hydrogen) atoms. The molecule has 10 heteroatoms. The number of ether oxygens (including phenoxy) is 2. The van der Waals surface area contributed by atoms with Crippen molar-refractivity contribution in [2.45, 2.75) is 118 Å². The first-order chi connectivity index (χ1) is 34.9. The van der Waals surface area contributed by atoms with Gasteiger partial charge in [-0.15, -0.1) is 22.7 Å². The smallest absolute Gasteiger partial charge is 0.158 e. The molecule has 0 radical (unpaired) electrons. The Morgan fingerprint density at radius 3 is 1.00 bits per heavy atom. The van der Waals surface area contributed by atoms with Gasteiger partial charge in [0.25, 0.3) is 0 Å². The van der Waals surface area contributed by atoms with Crippen LogP contribution in [0.4, 0.5) is 0 Å². The van der Waals surface area contributed by atoms with Crippen LogP contribution in [0, 0.1) is 0 Å². The lowest BCUT2D eigenvalue weighted by Gasteiger charge is -2.19. The van der Waals surface area contributed by atoms with Crippen molar-refractivity contribution in [1.82, 2.24) is 9.13 Å². The molecule has 10 rings (SSSR count). The molecule has 0 saturated heterocycles. The highest BCUT2D eigenvalue weighted by molar-refractivity contribution is 7.14. The second-order valence-corrected chi connectivity index (χ2v) is 26.5. The van der Waals surface area contributed by atoms with Crippen LogP contribution in [0.3, 0.4) is 0 Å². The maximum Gasteiger partial charge on any atom is 0.158 e. The summed E-state index contributed by atoms with van der Waals surface area (Å²) < 4.78 is 17.3.